The molecule has 0 heterocycles. The van der Waals surface area contributed by atoms with Crippen LogP contribution in [0.4, 0.5) is 0 Å². The lowest BCUT2D eigenvalue weighted by Gasteiger charge is -2.02. The Morgan fingerprint density at radius 2 is 2.07 bits per heavy atom. The zero-order chi connectivity index (χ0) is 11.4. The normalized spacial score (nSPS) is 10.7. The van der Waals surface area contributed by atoms with Crippen LogP contribution in [0.5, 0.6) is 0 Å². The lowest BCUT2D eigenvalue weighted by molar-refractivity contribution is -0.134. The predicted octanol–water partition coefficient (Wildman–Crippen LogP) is 3.78. The average Bonchev–Trinajstić information content (AvgIpc) is 2.24. The zero-order valence-electron chi connectivity index (χ0n) is 7.76. The Morgan fingerprint density at radius 3 is 2.67 bits per heavy atom. The third-order valence-electron chi connectivity index (χ3n) is 1.67. The molecular formula is C10H7Cl2IO2. The van der Waals surface area contributed by atoms with Crippen molar-refractivity contribution in [2.45, 2.75) is 0 Å². The molecule has 0 aliphatic heterocycles. The number of carbonyl (C=O) groups excluding carboxylic acids is 1. The molecule has 0 aliphatic carbocycles. The van der Waals surface area contributed by atoms with Gasteiger partial charge in [0.05, 0.1) is 17.2 Å². The van der Waals surface area contributed by atoms with Crippen molar-refractivity contribution in [1.82, 2.24) is 0 Å². The summed E-state index contributed by atoms with van der Waals surface area (Å²) in [6.45, 7) is 0. The fraction of sp³-hybridized carbons (Fsp3) is 0.100. The van der Waals surface area contributed by atoms with Gasteiger partial charge in [0.15, 0.2) is 0 Å². The van der Waals surface area contributed by atoms with E-state index >= 15 is 0 Å². The Labute approximate surface area is 111 Å². The molecule has 1 aromatic carbocycles. The number of hydrogen-bond donors (Lipinski definition) is 0. The summed E-state index contributed by atoms with van der Waals surface area (Å²) < 4.78 is 5.33. The van der Waals surface area contributed by atoms with E-state index in [-0.39, 0.29) is 0 Å². The first kappa shape index (κ1) is 12.8. The molecule has 0 N–H and O–H groups in total. The minimum atomic E-state index is -0.430. The number of carbonyl (C=O) groups is 1. The Hall–Kier alpha value is -0.260. The second kappa shape index (κ2) is 5.72. The Balaban J connectivity index is 3.02. The van der Waals surface area contributed by atoms with Crippen LogP contribution in [0.3, 0.4) is 0 Å². The van der Waals surface area contributed by atoms with Gasteiger partial charge in [-0.15, -0.1) is 0 Å². The van der Waals surface area contributed by atoms with Crippen molar-refractivity contribution in [3.8, 4) is 0 Å². The van der Waals surface area contributed by atoms with Crippen molar-refractivity contribution in [3.63, 3.8) is 0 Å². The molecule has 0 aromatic heterocycles. The fourth-order valence-electron chi connectivity index (χ4n) is 0.895. The lowest BCUT2D eigenvalue weighted by Crippen LogP contribution is -1.93. The van der Waals surface area contributed by atoms with Crippen LogP contribution in [0.2, 0.25) is 10.0 Å². The maximum atomic E-state index is 10.9. The van der Waals surface area contributed by atoms with Crippen LogP contribution in [0, 0.1) is 3.57 Å². The molecule has 0 spiro atoms. The van der Waals surface area contributed by atoms with E-state index in [0.29, 0.717) is 15.6 Å². The summed E-state index contributed by atoms with van der Waals surface area (Å²) in [5.74, 6) is -0.430. The van der Waals surface area contributed by atoms with Crippen LogP contribution >= 0.6 is 45.8 Å². The molecule has 0 bridgehead atoms. The summed E-state index contributed by atoms with van der Waals surface area (Å²) in [5.41, 5.74) is 0.687. The summed E-state index contributed by atoms with van der Waals surface area (Å²) in [6, 6.07) is 3.61. The van der Waals surface area contributed by atoms with Crippen LogP contribution in [0.15, 0.2) is 18.2 Å². The molecule has 0 radical (unpaired) electrons. The standard InChI is InChI=1S/C10H7Cl2IO2/c1-15-8(14)5-3-6-2-4-7(13)10(12)9(6)11/h2-5H,1H3. The highest BCUT2D eigenvalue weighted by molar-refractivity contribution is 14.1. The predicted molar refractivity (Wildman–Crippen MR) is 70.2 cm³/mol. The molecule has 5 heteroatoms. The highest BCUT2D eigenvalue weighted by atomic mass is 127. The van der Waals surface area contributed by atoms with Gasteiger partial charge in [0.1, 0.15) is 0 Å². The zero-order valence-corrected chi connectivity index (χ0v) is 11.4. The quantitative estimate of drug-likeness (QED) is 0.349. The van der Waals surface area contributed by atoms with Crippen molar-refractivity contribution in [2.75, 3.05) is 7.11 Å². The van der Waals surface area contributed by atoms with E-state index < -0.39 is 5.97 Å². The number of halogens is 3. The highest BCUT2D eigenvalue weighted by Gasteiger charge is 2.06. The summed E-state index contributed by atoms with van der Waals surface area (Å²) in [4.78, 5) is 10.9. The largest absolute Gasteiger partial charge is 0.466 e. The van der Waals surface area contributed by atoms with E-state index in [4.69, 9.17) is 23.2 Å². The van der Waals surface area contributed by atoms with Gasteiger partial charge < -0.3 is 4.74 Å². The molecular weight excluding hydrogens is 350 g/mol. The number of esters is 1. The smallest absolute Gasteiger partial charge is 0.330 e. The van der Waals surface area contributed by atoms with Gasteiger partial charge in [-0.1, -0.05) is 29.3 Å². The van der Waals surface area contributed by atoms with E-state index in [0.717, 1.165) is 3.57 Å². The number of methoxy groups -OCH3 is 1. The van der Waals surface area contributed by atoms with Gasteiger partial charge >= 0.3 is 5.97 Å². The maximum Gasteiger partial charge on any atom is 0.330 e. The topological polar surface area (TPSA) is 26.3 Å². The molecule has 0 aliphatic rings. The molecule has 1 aromatic rings. The first-order valence-corrected chi connectivity index (χ1v) is 5.79. The minimum Gasteiger partial charge on any atom is -0.466 e. The Morgan fingerprint density at radius 1 is 1.40 bits per heavy atom. The van der Waals surface area contributed by atoms with E-state index in [2.05, 4.69) is 27.3 Å². The molecule has 2 nitrogen and oxygen atoms in total. The van der Waals surface area contributed by atoms with Gasteiger partial charge in [0.25, 0.3) is 0 Å². The van der Waals surface area contributed by atoms with E-state index in [9.17, 15) is 4.79 Å². The molecule has 0 unspecified atom stereocenters. The number of hydrogen-bond acceptors (Lipinski definition) is 2. The summed E-state index contributed by atoms with van der Waals surface area (Å²) in [7, 11) is 1.31. The van der Waals surface area contributed by atoms with Gasteiger partial charge in [-0.3, -0.25) is 0 Å². The second-order valence-electron chi connectivity index (χ2n) is 2.62. The van der Waals surface area contributed by atoms with Crippen molar-refractivity contribution in [3.05, 3.63) is 37.4 Å². The molecule has 0 saturated carbocycles. The Bertz CT molecular complexity index is 416. The number of rotatable bonds is 2. The van der Waals surface area contributed by atoms with Crippen molar-refractivity contribution >= 4 is 57.8 Å². The van der Waals surface area contributed by atoms with Gasteiger partial charge in [0, 0.05) is 9.65 Å². The third-order valence-corrected chi connectivity index (χ3v) is 3.78. The second-order valence-corrected chi connectivity index (χ2v) is 4.54. The van der Waals surface area contributed by atoms with Gasteiger partial charge in [-0.05, 0) is 40.3 Å². The minimum absolute atomic E-state index is 0.430. The fourth-order valence-corrected chi connectivity index (χ4v) is 1.90. The van der Waals surface area contributed by atoms with Crippen LogP contribution in [-0.4, -0.2) is 13.1 Å². The summed E-state index contributed by atoms with van der Waals surface area (Å²) in [6.07, 6.45) is 2.86. The first-order chi connectivity index (χ1) is 7.06. The van der Waals surface area contributed by atoms with Gasteiger partial charge in [-0.2, -0.15) is 0 Å². The lowest BCUT2D eigenvalue weighted by atomic mass is 10.2. The number of ether oxygens (including phenoxy) is 1. The summed E-state index contributed by atoms with van der Waals surface area (Å²) in [5, 5.41) is 0.924. The van der Waals surface area contributed by atoms with E-state index in [1.807, 2.05) is 6.07 Å². The highest BCUT2D eigenvalue weighted by Crippen LogP contribution is 2.31. The third kappa shape index (κ3) is 3.36. The van der Waals surface area contributed by atoms with Crippen LogP contribution < -0.4 is 0 Å². The molecule has 0 fully saturated rings. The van der Waals surface area contributed by atoms with Crippen molar-refractivity contribution < 1.29 is 9.53 Å². The van der Waals surface area contributed by atoms with Gasteiger partial charge in [0.2, 0.25) is 0 Å². The van der Waals surface area contributed by atoms with Gasteiger partial charge in [-0.25, -0.2) is 4.79 Å². The van der Waals surface area contributed by atoms with Crippen LogP contribution in [0.25, 0.3) is 6.08 Å². The van der Waals surface area contributed by atoms with E-state index in [1.165, 1.54) is 13.2 Å². The first-order valence-electron chi connectivity index (χ1n) is 3.95. The SMILES string of the molecule is COC(=O)C=Cc1ccc(I)c(Cl)c1Cl. The number of benzene rings is 1. The Kier molecular flexibility index (Phi) is 4.89. The molecule has 15 heavy (non-hydrogen) atoms. The van der Waals surface area contributed by atoms with E-state index in [1.54, 1.807) is 12.1 Å². The molecule has 0 amide bonds. The summed E-state index contributed by atoms with van der Waals surface area (Å²) >= 11 is 14.0. The average molecular weight is 357 g/mol. The molecule has 0 atom stereocenters. The van der Waals surface area contributed by atoms with Crippen molar-refractivity contribution in [1.29, 1.82) is 0 Å². The van der Waals surface area contributed by atoms with Crippen LogP contribution in [-0.2, 0) is 9.53 Å². The monoisotopic (exact) mass is 356 g/mol. The molecule has 80 valence electrons. The van der Waals surface area contributed by atoms with Crippen LogP contribution in [0.1, 0.15) is 5.56 Å². The van der Waals surface area contributed by atoms with Crippen molar-refractivity contribution in [2.24, 2.45) is 0 Å². The maximum absolute atomic E-state index is 10.9. The molecule has 1 rings (SSSR count). The molecule has 0 saturated heterocycles.